The molecular weight excluding hydrogens is 278 g/mol. The Hall–Kier alpha value is -2.95. The van der Waals surface area contributed by atoms with Crippen molar-refractivity contribution in [3.05, 3.63) is 65.5 Å². The molecule has 5 nitrogen and oxygen atoms in total. The maximum atomic E-state index is 11.2. The van der Waals surface area contributed by atoms with Gasteiger partial charge in [0.1, 0.15) is 0 Å². The summed E-state index contributed by atoms with van der Waals surface area (Å²) in [6, 6.07) is 15.5. The molecule has 0 aliphatic carbocycles. The predicted octanol–water partition coefficient (Wildman–Crippen LogP) is 3.25. The van der Waals surface area contributed by atoms with Gasteiger partial charge < -0.3 is 5.11 Å². The topological polar surface area (TPSA) is 68.0 Å². The molecule has 22 heavy (non-hydrogen) atoms. The van der Waals surface area contributed by atoms with Crippen LogP contribution in [-0.4, -0.2) is 25.8 Å². The molecule has 2 aromatic carbocycles. The highest BCUT2D eigenvalue weighted by atomic mass is 16.4. The van der Waals surface area contributed by atoms with Crippen molar-refractivity contribution in [2.24, 2.45) is 0 Å². The van der Waals surface area contributed by atoms with Gasteiger partial charge in [0.15, 0.2) is 5.82 Å². The molecule has 110 valence electrons. The molecule has 0 radical (unpaired) electrons. The van der Waals surface area contributed by atoms with Crippen LogP contribution in [0.5, 0.6) is 0 Å². The lowest BCUT2D eigenvalue weighted by Gasteiger charge is -2.07. The molecule has 1 aromatic heterocycles. The van der Waals surface area contributed by atoms with E-state index in [9.17, 15) is 9.90 Å². The summed E-state index contributed by atoms with van der Waals surface area (Å²) in [4.78, 5) is 15.4. The summed E-state index contributed by atoms with van der Waals surface area (Å²) >= 11 is 0. The normalized spacial score (nSPS) is 10.6. The van der Waals surface area contributed by atoms with Gasteiger partial charge >= 0.3 is 5.97 Å². The monoisotopic (exact) mass is 293 g/mol. The van der Waals surface area contributed by atoms with Crippen molar-refractivity contribution >= 4 is 5.97 Å². The lowest BCUT2D eigenvalue weighted by molar-refractivity contribution is 0.0683. The van der Waals surface area contributed by atoms with E-state index in [2.05, 4.69) is 10.1 Å². The average molecular weight is 293 g/mol. The molecule has 0 atom stereocenters. The minimum atomic E-state index is -1.14. The molecule has 0 saturated carbocycles. The van der Waals surface area contributed by atoms with E-state index < -0.39 is 5.97 Å². The number of aromatic nitrogens is 3. The number of rotatable bonds is 3. The highest BCUT2D eigenvalue weighted by Crippen LogP contribution is 2.22. The highest BCUT2D eigenvalue weighted by molar-refractivity contribution is 5.84. The van der Waals surface area contributed by atoms with Crippen LogP contribution in [0, 0.1) is 13.8 Å². The second kappa shape index (κ2) is 5.44. The third-order valence-corrected chi connectivity index (χ3v) is 3.32. The van der Waals surface area contributed by atoms with Gasteiger partial charge in [-0.1, -0.05) is 35.9 Å². The van der Waals surface area contributed by atoms with Gasteiger partial charge in [-0.2, -0.15) is 0 Å². The lowest BCUT2D eigenvalue weighted by atomic mass is 10.1. The molecule has 0 fully saturated rings. The summed E-state index contributed by atoms with van der Waals surface area (Å²) in [6.07, 6.45) is 0. The second-order valence-electron chi connectivity index (χ2n) is 5.18. The maximum absolute atomic E-state index is 11.2. The molecule has 5 heteroatoms. The third kappa shape index (κ3) is 2.61. The molecule has 1 N–H and O–H groups in total. The number of hydrogen-bond acceptors (Lipinski definition) is 3. The van der Waals surface area contributed by atoms with Crippen LogP contribution in [-0.2, 0) is 0 Å². The van der Waals surface area contributed by atoms with E-state index in [0.29, 0.717) is 5.82 Å². The summed E-state index contributed by atoms with van der Waals surface area (Å²) in [5.41, 5.74) is 3.77. The van der Waals surface area contributed by atoms with Crippen LogP contribution in [0.1, 0.15) is 21.7 Å². The molecule has 1 heterocycles. The molecule has 0 aliphatic heterocycles. The van der Waals surface area contributed by atoms with E-state index in [-0.39, 0.29) is 5.82 Å². The zero-order chi connectivity index (χ0) is 15.7. The summed E-state index contributed by atoms with van der Waals surface area (Å²) in [7, 11) is 0. The largest absolute Gasteiger partial charge is 0.475 e. The summed E-state index contributed by atoms with van der Waals surface area (Å²) in [5, 5.41) is 13.3. The fourth-order valence-corrected chi connectivity index (χ4v) is 2.31. The van der Waals surface area contributed by atoms with Crippen molar-refractivity contribution in [3.8, 4) is 17.1 Å². The second-order valence-corrected chi connectivity index (χ2v) is 5.18. The first-order chi connectivity index (χ1) is 10.5. The van der Waals surface area contributed by atoms with E-state index in [0.717, 1.165) is 22.4 Å². The van der Waals surface area contributed by atoms with Gasteiger partial charge in [-0.05, 0) is 37.6 Å². The van der Waals surface area contributed by atoms with Crippen molar-refractivity contribution in [1.29, 1.82) is 0 Å². The molecule has 0 unspecified atom stereocenters. The number of aryl methyl sites for hydroxylation is 2. The van der Waals surface area contributed by atoms with Crippen molar-refractivity contribution < 1.29 is 9.90 Å². The fraction of sp³-hybridized carbons (Fsp3) is 0.118. The molecular formula is C17H15N3O2. The number of nitrogens with zero attached hydrogens (tertiary/aromatic N) is 3. The van der Waals surface area contributed by atoms with Crippen LogP contribution in [0.25, 0.3) is 17.1 Å². The molecule has 0 amide bonds. The zero-order valence-corrected chi connectivity index (χ0v) is 12.3. The van der Waals surface area contributed by atoms with Crippen LogP contribution < -0.4 is 0 Å². The Kier molecular flexibility index (Phi) is 3.47. The van der Waals surface area contributed by atoms with Crippen molar-refractivity contribution in [2.75, 3.05) is 0 Å². The highest BCUT2D eigenvalue weighted by Gasteiger charge is 2.18. The number of carboxylic acids is 1. The summed E-state index contributed by atoms with van der Waals surface area (Å²) in [6.45, 7) is 3.96. The van der Waals surface area contributed by atoms with Gasteiger partial charge in [0, 0.05) is 5.56 Å². The van der Waals surface area contributed by atoms with Crippen LogP contribution >= 0.6 is 0 Å². The standard InChI is InChI=1S/C17H15N3O2/c1-11-5-3-7-13(9-11)16-18-15(17(21)22)19-20(16)14-8-4-6-12(2)10-14/h3-10H,1-2H3,(H,21,22). The van der Waals surface area contributed by atoms with Gasteiger partial charge in [-0.25, -0.2) is 14.5 Å². The van der Waals surface area contributed by atoms with Gasteiger partial charge in [0.05, 0.1) is 5.69 Å². The van der Waals surface area contributed by atoms with E-state index in [1.54, 1.807) is 4.68 Å². The van der Waals surface area contributed by atoms with Gasteiger partial charge in [-0.15, -0.1) is 5.10 Å². The minimum absolute atomic E-state index is 0.210. The predicted molar refractivity (Wildman–Crippen MR) is 83.2 cm³/mol. The molecule has 3 aromatic rings. The molecule has 3 rings (SSSR count). The lowest BCUT2D eigenvalue weighted by Crippen LogP contribution is -2.02. The molecule has 0 spiro atoms. The quantitative estimate of drug-likeness (QED) is 0.805. The first kappa shape index (κ1) is 14.0. The van der Waals surface area contributed by atoms with Gasteiger partial charge in [0.2, 0.25) is 0 Å². The maximum Gasteiger partial charge on any atom is 0.375 e. The van der Waals surface area contributed by atoms with E-state index in [1.165, 1.54) is 0 Å². The van der Waals surface area contributed by atoms with E-state index in [1.807, 2.05) is 62.4 Å². The number of carboxylic acid groups (broad SMARTS) is 1. The summed E-state index contributed by atoms with van der Waals surface area (Å²) < 4.78 is 1.57. The first-order valence-electron chi connectivity index (χ1n) is 6.89. The van der Waals surface area contributed by atoms with Crippen molar-refractivity contribution in [2.45, 2.75) is 13.8 Å². The third-order valence-electron chi connectivity index (χ3n) is 3.32. The van der Waals surface area contributed by atoms with Crippen molar-refractivity contribution in [1.82, 2.24) is 14.8 Å². The Balaban J connectivity index is 2.22. The van der Waals surface area contributed by atoms with E-state index in [4.69, 9.17) is 0 Å². The number of benzene rings is 2. The van der Waals surface area contributed by atoms with Crippen LogP contribution in [0.3, 0.4) is 0 Å². The minimum Gasteiger partial charge on any atom is -0.475 e. The van der Waals surface area contributed by atoms with Crippen LogP contribution in [0.15, 0.2) is 48.5 Å². The van der Waals surface area contributed by atoms with Crippen LogP contribution in [0.4, 0.5) is 0 Å². The molecule has 0 saturated heterocycles. The number of aromatic carboxylic acids is 1. The Labute approximate surface area is 127 Å². The number of carbonyl (C=O) groups is 1. The molecule has 0 bridgehead atoms. The SMILES string of the molecule is Cc1cccc(-c2nc(C(=O)O)nn2-c2cccc(C)c2)c1. The number of hydrogen-bond donors (Lipinski definition) is 1. The Morgan fingerprint density at radius 1 is 1.05 bits per heavy atom. The van der Waals surface area contributed by atoms with Crippen molar-refractivity contribution in [3.63, 3.8) is 0 Å². The zero-order valence-electron chi connectivity index (χ0n) is 12.3. The Bertz CT molecular complexity index is 790. The van der Waals surface area contributed by atoms with Gasteiger partial charge in [-0.3, -0.25) is 0 Å². The van der Waals surface area contributed by atoms with E-state index >= 15 is 0 Å². The summed E-state index contributed by atoms with van der Waals surface area (Å²) in [5.74, 6) is -0.829. The van der Waals surface area contributed by atoms with Crippen LogP contribution in [0.2, 0.25) is 0 Å². The van der Waals surface area contributed by atoms with Gasteiger partial charge in [0.25, 0.3) is 5.82 Å². The smallest absolute Gasteiger partial charge is 0.375 e. The average Bonchev–Trinajstić information content (AvgIpc) is 2.92. The molecule has 0 aliphatic rings. The Morgan fingerprint density at radius 2 is 1.73 bits per heavy atom. The Morgan fingerprint density at radius 3 is 2.36 bits per heavy atom. The first-order valence-corrected chi connectivity index (χ1v) is 6.89. The fourth-order valence-electron chi connectivity index (χ4n) is 2.31.